The second-order valence-corrected chi connectivity index (χ2v) is 12.0. The average Bonchev–Trinajstić information content (AvgIpc) is 3.43. The van der Waals surface area contributed by atoms with Crippen LogP contribution in [0, 0.1) is 0 Å². The first-order valence-corrected chi connectivity index (χ1v) is 15.5. The fraction of sp³-hybridized carbons (Fsp3) is 0.412. The number of rotatable bonds is 4. The van der Waals surface area contributed by atoms with E-state index in [2.05, 4.69) is 25.8 Å². The van der Waals surface area contributed by atoms with Gasteiger partial charge in [-0.25, -0.2) is 0 Å². The molecular weight excluding hydrogens is 574 g/mol. The van der Waals surface area contributed by atoms with Crippen LogP contribution >= 0.6 is 0 Å². The van der Waals surface area contributed by atoms with Gasteiger partial charge in [0.25, 0.3) is 5.91 Å². The molecule has 6 rings (SSSR count). The number of amides is 3. The lowest BCUT2D eigenvalue weighted by molar-refractivity contribution is -0.133. The highest BCUT2D eigenvalue weighted by atomic mass is 16.5. The molecule has 4 bridgehead atoms. The van der Waals surface area contributed by atoms with Crippen LogP contribution in [0.5, 0.6) is 5.75 Å². The number of pyridine rings is 1. The summed E-state index contributed by atoms with van der Waals surface area (Å²) in [5.74, 6) is -0.102. The minimum atomic E-state index is -0.668. The Morgan fingerprint density at radius 3 is 2.62 bits per heavy atom. The summed E-state index contributed by atoms with van der Waals surface area (Å²) in [5, 5.41) is 19.6. The van der Waals surface area contributed by atoms with Crippen molar-refractivity contribution in [1.29, 1.82) is 0 Å². The number of aromatic nitrogens is 1. The van der Waals surface area contributed by atoms with Gasteiger partial charge >= 0.3 is 0 Å². The number of carbonyl (C=O) groups excluding carboxylic acids is 3. The van der Waals surface area contributed by atoms with Gasteiger partial charge in [-0.2, -0.15) is 0 Å². The molecule has 45 heavy (non-hydrogen) atoms. The molecule has 0 spiro atoms. The van der Waals surface area contributed by atoms with Gasteiger partial charge in [-0.05, 0) is 72.4 Å². The Morgan fingerprint density at radius 1 is 1.04 bits per heavy atom. The quantitative estimate of drug-likeness (QED) is 0.352. The molecule has 11 heteroatoms. The van der Waals surface area contributed by atoms with E-state index in [9.17, 15) is 19.5 Å². The highest BCUT2D eigenvalue weighted by molar-refractivity contribution is 5.98. The van der Waals surface area contributed by atoms with Crippen LogP contribution in [0.15, 0.2) is 67.0 Å². The minimum Gasteiger partial charge on any atom is -0.493 e. The highest BCUT2D eigenvalue weighted by Gasteiger charge is 2.39. The Bertz CT molecular complexity index is 1520. The van der Waals surface area contributed by atoms with E-state index in [1.807, 2.05) is 48.5 Å². The molecule has 0 unspecified atom stereocenters. The average molecular weight is 614 g/mol. The molecule has 3 aliphatic heterocycles. The van der Waals surface area contributed by atoms with Crippen LogP contribution in [0.2, 0.25) is 0 Å². The Kier molecular flexibility index (Phi) is 9.39. The lowest BCUT2D eigenvalue weighted by Gasteiger charge is -2.34. The van der Waals surface area contributed by atoms with Gasteiger partial charge in [0.05, 0.1) is 30.4 Å². The molecule has 2 aromatic carbocycles. The van der Waals surface area contributed by atoms with Crippen molar-refractivity contribution >= 4 is 23.4 Å². The number of nitrogens with one attached hydrogen (secondary N) is 3. The van der Waals surface area contributed by atoms with Crippen molar-refractivity contribution in [3.8, 4) is 16.9 Å². The largest absolute Gasteiger partial charge is 0.493 e. The van der Waals surface area contributed by atoms with E-state index >= 15 is 0 Å². The first-order valence-electron chi connectivity index (χ1n) is 15.5. The monoisotopic (exact) mass is 613 g/mol. The molecule has 3 amide bonds. The molecule has 0 aliphatic carbocycles. The number of fused-ring (bicyclic) bond motifs is 5. The molecule has 11 nitrogen and oxygen atoms in total. The number of benzene rings is 2. The summed E-state index contributed by atoms with van der Waals surface area (Å²) in [7, 11) is 0. The number of nitrogens with zero attached hydrogens (tertiary/aromatic N) is 2. The Balaban J connectivity index is 1.27. The summed E-state index contributed by atoms with van der Waals surface area (Å²) < 4.78 is 12.5. The number of carbonyl (C=O) groups is 3. The van der Waals surface area contributed by atoms with Crippen molar-refractivity contribution in [3.63, 3.8) is 0 Å². The molecule has 3 aromatic rings. The highest BCUT2D eigenvalue weighted by Crippen LogP contribution is 2.30. The summed E-state index contributed by atoms with van der Waals surface area (Å²) in [6, 6.07) is 16.1. The van der Waals surface area contributed by atoms with E-state index < -0.39 is 18.2 Å². The molecule has 0 saturated carbocycles. The fourth-order valence-electron chi connectivity index (χ4n) is 6.37. The lowest BCUT2D eigenvalue weighted by atomic mass is 9.99. The Labute approximate surface area is 262 Å². The topological polar surface area (TPSA) is 142 Å². The first-order chi connectivity index (χ1) is 21.8. The first kappa shape index (κ1) is 30.7. The molecule has 1 aromatic heterocycles. The van der Waals surface area contributed by atoms with Gasteiger partial charge in [-0.1, -0.05) is 18.2 Å². The molecule has 2 saturated heterocycles. The Hall–Kier alpha value is -4.32. The third-order valence-electron chi connectivity index (χ3n) is 8.70. The summed E-state index contributed by atoms with van der Waals surface area (Å²) >= 11 is 0. The van der Waals surface area contributed by atoms with Gasteiger partial charge in [-0.15, -0.1) is 0 Å². The second kappa shape index (κ2) is 13.8. The van der Waals surface area contributed by atoms with E-state index in [0.717, 1.165) is 16.7 Å². The second-order valence-electron chi connectivity index (χ2n) is 12.0. The van der Waals surface area contributed by atoms with Gasteiger partial charge in [0, 0.05) is 57.1 Å². The predicted octanol–water partition coefficient (Wildman–Crippen LogP) is 2.89. The molecule has 4 N–H and O–H groups in total. The zero-order valence-electron chi connectivity index (χ0n) is 25.3. The number of hydrogen-bond donors (Lipinski definition) is 4. The molecule has 2 fully saturated rings. The van der Waals surface area contributed by atoms with E-state index in [1.165, 1.54) is 6.92 Å². The van der Waals surface area contributed by atoms with E-state index in [1.54, 1.807) is 18.5 Å². The van der Waals surface area contributed by atoms with Crippen molar-refractivity contribution in [2.75, 3.05) is 25.0 Å². The molecule has 0 radical (unpaired) electrons. The molecule has 4 heterocycles. The van der Waals surface area contributed by atoms with Gasteiger partial charge in [0.15, 0.2) is 0 Å². The van der Waals surface area contributed by atoms with Crippen LogP contribution < -0.4 is 20.7 Å². The normalized spacial score (nSPS) is 25.8. The van der Waals surface area contributed by atoms with Crippen molar-refractivity contribution < 1.29 is 29.0 Å². The van der Waals surface area contributed by atoms with E-state index in [0.29, 0.717) is 62.4 Å². The number of anilines is 1. The third kappa shape index (κ3) is 7.50. The van der Waals surface area contributed by atoms with Crippen LogP contribution in [0.1, 0.15) is 48.5 Å². The standard InChI is InChI=1S/C34H39N5O6/c1-21(40)37-25-5-2-22(3-6-25)19-39-20-26-17-29(39)34(43)36-18-32-30(41)9-7-27(45-32)12-15-44-31-16-24(23-10-13-35-14-11-23)4-8-28(31)33(42)38-26/h2-6,8,10-11,13-14,16,26-27,29-30,32,41H,7,9,12,15,17-20H2,1H3,(H,36,43)(H,37,40)(H,38,42)/t26-,27-,29-,30-,32+/m0/s1. The third-order valence-corrected chi connectivity index (χ3v) is 8.70. The van der Waals surface area contributed by atoms with E-state index in [4.69, 9.17) is 9.47 Å². The van der Waals surface area contributed by atoms with E-state index in [-0.39, 0.29) is 36.4 Å². The number of aliphatic hydroxyl groups is 1. The van der Waals surface area contributed by atoms with Crippen molar-refractivity contribution in [3.05, 3.63) is 78.1 Å². The van der Waals surface area contributed by atoms with Crippen LogP contribution in [-0.2, 0) is 20.9 Å². The molecular formula is C34H39N5O6. The zero-order valence-corrected chi connectivity index (χ0v) is 25.3. The van der Waals surface area contributed by atoms with Crippen molar-refractivity contribution in [2.45, 2.75) is 69.5 Å². The smallest absolute Gasteiger partial charge is 0.255 e. The summed E-state index contributed by atoms with van der Waals surface area (Å²) in [6.45, 7) is 2.93. The van der Waals surface area contributed by atoms with Crippen molar-refractivity contribution in [1.82, 2.24) is 20.5 Å². The molecule has 5 atom stereocenters. The lowest BCUT2D eigenvalue weighted by Crippen LogP contribution is -2.50. The van der Waals surface area contributed by atoms with Crippen LogP contribution in [0.4, 0.5) is 5.69 Å². The maximum Gasteiger partial charge on any atom is 0.255 e. The van der Waals surface area contributed by atoms with Gasteiger partial charge in [-0.3, -0.25) is 24.3 Å². The summed E-state index contributed by atoms with van der Waals surface area (Å²) in [4.78, 5) is 44.9. The summed E-state index contributed by atoms with van der Waals surface area (Å²) in [5.41, 5.74) is 3.95. The number of ether oxygens (including phenoxy) is 2. The number of likely N-dealkylation sites (tertiary alicyclic amines) is 1. The number of hydrogen-bond acceptors (Lipinski definition) is 8. The van der Waals surface area contributed by atoms with Crippen LogP contribution in [-0.4, -0.2) is 82.8 Å². The maximum absolute atomic E-state index is 13.7. The van der Waals surface area contributed by atoms with Gasteiger partial charge < -0.3 is 30.5 Å². The molecule has 236 valence electrons. The maximum atomic E-state index is 13.7. The van der Waals surface area contributed by atoms with Gasteiger partial charge in [0.2, 0.25) is 11.8 Å². The fourth-order valence-corrected chi connectivity index (χ4v) is 6.37. The van der Waals surface area contributed by atoms with Crippen molar-refractivity contribution in [2.24, 2.45) is 0 Å². The van der Waals surface area contributed by atoms with Gasteiger partial charge in [0.1, 0.15) is 11.9 Å². The predicted molar refractivity (Wildman–Crippen MR) is 168 cm³/mol. The number of aliphatic hydroxyl groups excluding tert-OH is 1. The minimum absolute atomic E-state index is 0.142. The SMILES string of the molecule is CC(=O)Nc1ccc(CN2C[C@@H]3C[C@H]2C(=O)NC[C@H]2O[C@H](CCOc4cc(-c5ccncc5)ccc4C(=O)N3)CC[C@@H]2O)cc1. The summed E-state index contributed by atoms with van der Waals surface area (Å²) in [6.07, 6.45) is 4.37. The molecule has 3 aliphatic rings. The Morgan fingerprint density at radius 2 is 1.84 bits per heavy atom. The zero-order chi connectivity index (χ0) is 31.3. The van der Waals surface area contributed by atoms with Crippen LogP contribution in [0.3, 0.4) is 0 Å². The van der Waals surface area contributed by atoms with Crippen LogP contribution in [0.25, 0.3) is 11.1 Å².